The second kappa shape index (κ2) is 5.52. The molecule has 0 saturated heterocycles. The molecular formula is C9H6F4N2O3S. The number of sulfonamides is 1. The van der Waals surface area contributed by atoms with Gasteiger partial charge in [-0.25, -0.2) is 12.8 Å². The fraction of sp³-hybridized carbons (Fsp3) is 0.222. The van der Waals surface area contributed by atoms with Gasteiger partial charge in [0, 0.05) is 0 Å². The number of hydrogen-bond donors (Lipinski definition) is 1. The maximum Gasteiger partial charge on any atom is 0.413 e. The molecule has 0 aliphatic heterocycles. The fourth-order valence-corrected chi connectivity index (χ4v) is 1.82. The van der Waals surface area contributed by atoms with Crippen molar-refractivity contribution in [1.82, 2.24) is 4.89 Å². The van der Waals surface area contributed by atoms with Crippen LogP contribution in [0, 0.1) is 17.1 Å². The van der Waals surface area contributed by atoms with Crippen molar-refractivity contribution < 1.29 is 30.8 Å². The summed E-state index contributed by atoms with van der Waals surface area (Å²) in [7, 11) is -4.42. The van der Waals surface area contributed by atoms with Crippen LogP contribution in [0.25, 0.3) is 0 Å². The van der Waals surface area contributed by atoms with Gasteiger partial charge in [-0.05, 0) is 18.2 Å². The van der Waals surface area contributed by atoms with Gasteiger partial charge in [-0.2, -0.15) is 18.4 Å². The van der Waals surface area contributed by atoms with E-state index < -0.39 is 39.1 Å². The fourth-order valence-electron chi connectivity index (χ4n) is 0.994. The summed E-state index contributed by atoms with van der Waals surface area (Å²) in [6, 6.07) is 3.57. The Bertz CT molecular complexity index is 607. The Balaban J connectivity index is 2.87. The van der Waals surface area contributed by atoms with Crippen LogP contribution in [-0.4, -0.2) is 21.2 Å². The van der Waals surface area contributed by atoms with Crippen molar-refractivity contribution in [3.8, 4) is 6.07 Å². The van der Waals surface area contributed by atoms with E-state index >= 15 is 0 Å². The highest BCUT2D eigenvalue weighted by Gasteiger charge is 2.29. The first-order chi connectivity index (χ1) is 8.65. The monoisotopic (exact) mass is 298 g/mol. The van der Waals surface area contributed by atoms with Crippen LogP contribution in [0.2, 0.25) is 0 Å². The molecule has 1 N–H and O–H groups in total. The summed E-state index contributed by atoms with van der Waals surface area (Å²) < 4.78 is 71.1. The van der Waals surface area contributed by atoms with E-state index in [-0.39, 0.29) is 0 Å². The topological polar surface area (TPSA) is 79.2 Å². The predicted octanol–water partition coefficient (Wildman–Crippen LogP) is 1.47. The zero-order chi connectivity index (χ0) is 14.7. The van der Waals surface area contributed by atoms with Crippen molar-refractivity contribution in [3.63, 3.8) is 0 Å². The zero-order valence-corrected chi connectivity index (χ0v) is 9.85. The average molecular weight is 298 g/mol. The minimum Gasteiger partial charge on any atom is -0.277 e. The molecule has 0 atom stereocenters. The minimum absolute atomic E-state index is 0.557. The molecule has 0 saturated carbocycles. The average Bonchev–Trinajstić information content (AvgIpc) is 2.27. The van der Waals surface area contributed by atoms with E-state index in [0.29, 0.717) is 12.1 Å². The number of alkyl halides is 3. The molecule has 0 heterocycles. The summed E-state index contributed by atoms with van der Waals surface area (Å²) in [5.41, 5.74) is -0.557. The molecule has 19 heavy (non-hydrogen) atoms. The van der Waals surface area contributed by atoms with E-state index in [4.69, 9.17) is 5.26 Å². The van der Waals surface area contributed by atoms with Crippen LogP contribution in [0.1, 0.15) is 5.56 Å². The number of nitriles is 1. The third-order valence-corrected chi connectivity index (χ3v) is 2.98. The Morgan fingerprint density at radius 2 is 2.00 bits per heavy atom. The second-order valence-corrected chi connectivity index (χ2v) is 4.89. The molecule has 0 bridgehead atoms. The van der Waals surface area contributed by atoms with Crippen LogP contribution in [0.4, 0.5) is 17.6 Å². The van der Waals surface area contributed by atoms with E-state index in [1.54, 1.807) is 0 Å². The summed E-state index contributed by atoms with van der Waals surface area (Å²) >= 11 is 0. The van der Waals surface area contributed by atoms with Gasteiger partial charge >= 0.3 is 6.18 Å². The highest BCUT2D eigenvalue weighted by molar-refractivity contribution is 7.89. The SMILES string of the molecule is N#Cc1cc(S(=O)(=O)NOCC(F)(F)F)ccc1F. The van der Waals surface area contributed by atoms with E-state index in [1.165, 1.54) is 11.0 Å². The smallest absolute Gasteiger partial charge is 0.277 e. The lowest BCUT2D eigenvalue weighted by Crippen LogP contribution is -2.29. The van der Waals surface area contributed by atoms with Gasteiger partial charge < -0.3 is 0 Å². The lowest BCUT2D eigenvalue weighted by atomic mass is 10.2. The number of rotatable bonds is 4. The number of nitrogens with zero attached hydrogens (tertiary/aromatic N) is 1. The zero-order valence-electron chi connectivity index (χ0n) is 9.03. The highest BCUT2D eigenvalue weighted by atomic mass is 32.2. The molecule has 0 amide bonds. The lowest BCUT2D eigenvalue weighted by Gasteiger charge is -2.09. The van der Waals surface area contributed by atoms with Crippen LogP contribution >= 0.6 is 0 Å². The molecule has 0 aliphatic rings. The molecule has 1 aromatic carbocycles. The largest absolute Gasteiger partial charge is 0.413 e. The molecule has 0 radical (unpaired) electrons. The van der Waals surface area contributed by atoms with Crippen molar-refractivity contribution in [1.29, 1.82) is 5.26 Å². The van der Waals surface area contributed by atoms with E-state index in [9.17, 15) is 26.0 Å². The normalized spacial score (nSPS) is 12.2. The van der Waals surface area contributed by atoms with Gasteiger partial charge in [-0.3, -0.25) is 4.84 Å². The highest BCUT2D eigenvalue weighted by Crippen LogP contribution is 2.16. The number of nitrogens with one attached hydrogen (secondary N) is 1. The van der Waals surface area contributed by atoms with Crippen molar-refractivity contribution >= 4 is 10.0 Å². The summed E-state index contributed by atoms with van der Waals surface area (Å²) in [6.45, 7) is -1.82. The summed E-state index contributed by atoms with van der Waals surface area (Å²) in [6.07, 6.45) is -4.71. The summed E-state index contributed by atoms with van der Waals surface area (Å²) in [5.74, 6) is -0.947. The van der Waals surface area contributed by atoms with Crippen molar-refractivity contribution in [3.05, 3.63) is 29.6 Å². The summed E-state index contributed by atoms with van der Waals surface area (Å²) in [4.78, 5) is 4.41. The molecule has 0 unspecified atom stereocenters. The van der Waals surface area contributed by atoms with Gasteiger partial charge in [0.05, 0.1) is 10.5 Å². The molecule has 104 valence electrons. The maximum atomic E-state index is 12.9. The minimum atomic E-state index is -4.71. The van der Waals surface area contributed by atoms with Crippen LogP contribution in [0.5, 0.6) is 0 Å². The Labute approximate surface area is 105 Å². The number of benzene rings is 1. The van der Waals surface area contributed by atoms with Crippen LogP contribution in [-0.2, 0) is 14.9 Å². The molecule has 0 aromatic heterocycles. The van der Waals surface area contributed by atoms with Gasteiger partial charge in [0.25, 0.3) is 10.0 Å². The first kappa shape index (κ1) is 15.4. The first-order valence-corrected chi connectivity index (χ1v) is 6.04. The molecule has 1 aromatic rings. The van der Waals surface area contributed by atoms with Gasteiger partial charge in [0.2, 0.25) is 0 Å². The Morgan fingerprint density at radius 1 is 1.37 bits per heavy atom. The molecule has 1 rings (SSSR count). The lowest BCUT2D eigenvalue weighted by molar-refractivity contribution is -0.181. The Hall–Kier alpha value is -1.70. The van der Waals surface area contributed by atoms with Crippen LogP contribution < -0.4 is 4.89 Å². The van der Waals surface area contributed by atoms with Gasteiger partial charge in [0.1, 0.15) is 11.9 Å². The van der Waals surface area contributed by atoms with Crippen molar-refractivity contribution in [2.24, 2.45) is 0 Å². The molecular weight excluding hydrogens is 292 g/mol. The summed E-state index contributed by atoms with van der Waals surface area (Å²) in [5, 5.41) is 8.51. The Kier molecular flexibility index (Phi) is 4.46. The third-order valence-electron chi connectivity index (χ3n) is 1.77. The van der Waals surface area contributed by atoms with E-state index in [1.807, 2.05) is 0 Å². The van der Waals surface area contributed by atoms with Crippen LogP contribution in [0.3, 0.4) is 0 Å². The molecule has 0 aliphatic carbocycles. The van der Waals surface area contributed by atoms with Gasteiger partial charge in [0.15, 0.2) is 6.61 Å². The van der Waals surface area contributed by atoms with E-state index in [2.05, 4.69) is 4.84 Å². The third kappa shape index (κ3) is 4.47. The standard InChI is InChI=1S/C9H6F4N2O3S/c10-8-2-1-7(3-6(8)4-14)19(16,17)15-18-5-9(11,12)13/h1-3,15H,5H2. The number of halogens is 4. The van der Waals surface area contributed by atoms with E-state index in [0.717, 1.165) is 6.07 Å². The predicted molar refractivity (Wildman–Crippen MR) is 53.4 cm³/mol. The molecule has 0 spiro atoms. The molecule has 5 nitrogen and oxygen atoms in total. The van der Waals surface area contributed by atoms with Crippen molar-refractivity contribution in [2.75, 3.05) is 6.61 Å². The Morgan fingerprint density at radius 3 is 2.53 bits per heavy atom. The van der Waals surface area contributed by atoms with Gasteiger partial charge in [-0.15, -0.1) is 0 Å². The quantitative estimate of drug-likeness (QED) is 0.674. The molecule has 0 fully saturated rings. The second-order valence-electron chi connectivity index (χ2n) is 3.24. The number of hydrogen-bond acceptors (Lipinski definition) is 4. The van der Waals surface area contributed by atoms with Gasteiger partial charge in [-0.1, -0.05) is 4.89 Å². The maximum absolute atomic E-state index is 12.9. The van der Waals surface area contributed by atoms with Crippen molar-refractivity contribution in [2.45, 2.75) is 11.1 Å². The molecule has 10 heteroatoms. The van der Waals surface area contributed by atoms with Crippen LogP contribution in [0.15, 0.2) is 23.1 Å². The first-order valence-electron chi connectivity index (χ1n) is 4.56.